The Kier molecular flexibility index (Phi) is 3.01. The Morgan fingerprint density at radius 1 is 1.35 bits per heavy atom. The molecule has 0 unspecified atom stereocenters. The van der Waals surface area contributed by atoms with Crippen molar-refractivity contribution in [2.45, 2.75) is 0 Å². The molecule has 0 saturated carbocycles. The minimum Gasteiger partial charge on any atom is -0.399 e. The van der Waals surface area contributed by atoms with Crippen LogP contribution in [0.25, 0.3) is 0 Å². The number of sulfone groups is 1. The molecule has 92 valence electrons. The maximum Gasteiger partial charge on any atom is 0.272 e. The minimum absolute atomic E-state index is 0.0149. The van der Waals surface area contributed by atoms with Crippen LogP contribution in [0, 0.1) is 0 Å². The molecule has 0 aromatic carbocycles. The van der Waals surface area contributed by atoms with Gasteiger partial charge in [-0.1, -0.05) is 0 Å². The summed E-state index contributed by atoms with van der Waals surface area (Å²) in [4.78, 5) is 17.4. The van der Waals surface area contributed by atoms with Crippen LogP contribution in [0.5, 0.6) is 0 Å². The number of pyridine rings is 1. The molecule has 0 aliphatic carbocycles. The van der Waals surface area contributed by atoms with Gasteiger partial charge in [0, 0.05) is 25.0 Å². The number of aromatic nitrogens is 1. The molecule has 1 aliphatic rings. The second-order valence-corrected chi connectivity index (χ2v) is 6.22. The normalized spacial score (nSPS) is 18.9. The zero-order chi connectivity index (χ0) is 12.5. The molecule has 2 rings (SSSR count). The number of nitrogens with zero attached hydrogens (tertiary/aromatic N) is 2. The van der Waals surface area contributed by atoms with Gasteiger partial charge in [0.2, 0.25) is 0 Å². The van der Waals surface area contributed by atoms with Gasteiger partial charge in [-0.05, 0) is 12.1 Å². The second-order valence-electron chi connectivity index (χ2n) is 3.92. The number of rotatable bonds is 1. The number of carbonyl (C=O) groups excluding carboxylic acids is 1. The highest BCUT2D eigenvalue weighted by atomic mass is 32.2. The fourth-order valence-corrected chi connectivity index (χ4v) is 2.84. The summed E-state index contributed by atoms with van der Waals surface area (Å²) in [7, 11) is -2.98. The summed E-state index contributed by atoms with van der Waals surface area (Å²) in [6.45, 7) is 0.440. The highest BCUT2D eigenvalue weighted by molar-refractivity contribution is 7.91. The molecule has 1 amide bonds. The van der Waals surface area contributed by atoms with E-state index in [1.807, 2.05) is 0 Å². The van der Waals surface area contributed by atoms with Crippen molar-refractivity contribution in [1.29, 1.82) is 0 Å². The molecule has 2 heterocycles. The highest BCUT2D eigenvalue weighted by Crippen LogP contribution is 2.10. The first-order valence-corrected chi connectivity index (χ1v) is 7.01. The Balaban J connectivity index is 2.12. The highest BCUT2D eigenvalue weighted by Gasteiger charge is 2.26. The lowest BCUT2D eigenvalue weighted by Crippen LogP contribution is -2.44. The number of hydrogen-bond donors (Lipinski definition) is 1. The molecule has 1 aromatic rings. The molecule has 6 nitrogen and oxygen atoms in total. The van der Waals surface area contributed by atoms with Gasteiger partial charge in [0.05, 0.1) is 11.5 Å². The average Bonchev–Trinajstić information content (AvgIpc) is 2.28. The van der Waals surface area contributed by atoms with Crippen LogP contribution in [0.15, 0.2) is 18.3 Å². The van der Waals surface area contributed by atoms with Gasteiger partial charge in [0.15, 0.2) is 9.84 Å². The van der Waals surface area contributed by atoms with Gasteiger partial charge in [0.1, 0.15) is 5.69 Å². The van der Waals surface area contributed by atoms with Gasteiger partial charge >= 0.3 is 0 Å². The van der Waals surface area contributed by atoms with Crippen molar-refractivity contribution in [3.8, 4) is 0 Å². The summed E-state index contributed by atoms with van der Waals surface area (Å²) >= 11 is 0. The summed E-state index contributed by atoms with van der Waals surface area (Å²) in [5, 5.41) is 0. The average molecular weight is 255 g/mol. The van der Waals surface area contributed by atoms with Crippen molar-refractivity contribution in [2.24, 2.45) is 0 Å². The van der Waals surface area contributed by atoms with Crippen molar-refractivity contribution >= 4 is 21.4 Å². The van der Waals surface area contributed by atoms with Crippen LogP contribution >= 0.6 is 0 Å². The van der Waals surface area contributed by atoms with Crippen LogP contribution in [-0.4, -0.2) is 48.8 Å². The molecular formula is C10H13N3O3S. The lowest BCUT2D eigenvalue weighted by Gasteiger charge is -2.26. The molecule has 17 heavy (non-hydrogen) atoms. The number of nitrogens with two attached hydrogens (primary N) is 1. The maximum atomic E-state index is 12.0. The fourth-order valence-electron chi connectivity index (χ4n) is 1.64. The van der Waals surface area contributed by atoms with Gasteiger partial charge in [0.25, 0.3) is 5.91 Å². The minimum atomic E-state index is -2.98. The standard InChI is InChI=1S/C10H13N3O3S/c11-8-1-2-12-9(7-8)10(14)13-3-5-17(15,16)6-4-13/h1-2,7H,3-6H2,(H2,11,12). The lowest BCUT2D eigenvalue weighted by atomic mass is 10.3. The van der Waals surface area contributed by atoms with Gasteiger partial charge in [-0.2, -0.15) is 0 Å². The maximum absolute atomic E-state index is 12.0. The molecule has 0 spiro atoms. The van der Waals surface area contributed by atoms with Crippen molar-refractivity contribution in [2.75, 3.05) is 30.3 Å². The number of carbonyl (C=O) groups is 1. The summed E-state index contributed by atoms with van der Waals surface area (Å²) in [5.41, 5.74) is 6.28. The fraction of sp³-hybridized carbons (Fsp3) is 0.400. The molecule has 1 saturated heterocycles. The van der Waals surface area contributed by atoms with E-state index in [9.17, 15) is 13.2 Å². The van der Waals surface area contributed by atoms with E-state index in [1.165, 1.54) is 17.2 Å². The molecule has 2 N–H and O–H groups in total. The van der Waals surface area contributed by atoms with E-state index in [-0.39, 0.29) is 36.2 Å². The monoisotopic (exact) mass is 255 g/mol. The SMILES string of the molecule is Nc1ccnc(C(=O)N2CCS(=O)(=O)CC2)c1. The van der Waals surface area contributed by atoms with Gasteiger partial charge in [-0.25, -0.2) is 8.42 Å². The van der Waals surface area contributed by atoms with E-state index in [2.05, 4.69) is 4.98 Å². The Bertz CT molecular complexity index is 527. The van der Waals surface area contributed by atoms with Crippen LogP contribution < -0.4 is 5.73 Å². The van der Waals surface area contributed by atoms with Gasteiger partial charge < -0.3 is 10.6 Å². The zero-order valence-electron chi connectivity index (χ0n) is 9.17. The third-order valence-corrected chi connectivity index (χ3v) is 4.24. The predicted octanol–water partition coefficient (Wildman–Crippen LogP) is -0.466. The molecule has 0 atom stereocenters. The third-order valence-electron chi connectivity index (χ3n) is 2.63. The van der Waals surface area contributed by atoms with Gasteiger partial charge in [-0.3, -0.25) is 9.78 Å². The first-order valence-electron chi connectivity index (χ1n) is 5.19. The molecule has 0 bridgehead atoms. The lowest BCUT2D eigenvalue weighted by molar-refractivity contribution is 0.0764. The molecule has 7 heteroatoms. The van der Waals surface area contributed by atoms with Crippen LogP contribution in [0.4, 0.5) is 5.69 Å². The Morgan fingerprint density at radius 3 is 2.59 bits per heavy atom. The van der Waals surface area contributed by atoms with Crippen molar-refractivity contribution in [3.63, 3.8) is 0 Å². The van der Waals surface area contributed by atoms with Crippen LogP contribution in [0.1, 0.15) is 10.5 Å². The number of anilines is 1. The topological polar surface area (TPSA) is 93.4 Å². The zero-order valence-corrected chi connectivity index (χ0v) is 9.98. The van der Waals surface area contributed by atoms with Gasteiger partial charge in [-0.15, -0.1) is 0 Å². The summed E-state index contributed by atoms with van der Waals surface area (Å²) in [6, 6.07) is 3.09. The largest absolute Gasteiger partial charge is 0.399 e. The van der Waals surface area contributed by atoms with Crippen molar-refractivity contribution in [3.05, 3.63) is 24.0 Å². The van der Waals surface area contributed by atoms with Crippen LogP contribution in [0.3, 0.4) is 0 Å². The van der Waals surface area contributed by atoms with Crippen molar-refractivity contribution < 1.29 is 13.2 Å². The van der Waals surface area contributed by atoms with E-state index >= 15 is 0 Å². The second kappa shape index (κ2) is 4.33. The summed E-state index contributed by atoms with van der Waals surface area (Å²) in [6.07, 6.45) is 1.46. The van der Waals surface area contributed by atoms with E-state index in [1.54, 1.807) is 6.07 Å². The van der Waals surface area contributed by atoms with E-state index in [0.29, 0.717) is 5.69 Å². The Morgan fingerprint density at radius 2 is 2.00 bits per heavy atom. The van der Waals surface area contributed by atoms with E-state index < -0.39 is 9.84 Å². The first kappa shape index (κ1) is 11.8. The van der Waals surface area contributed by atoms with Crippen LogP contribution in [-0.2, 0) is 9.84 Å². The molecule has 1 fully saturated rings. The molecular weight excluding hydrogens is 242 g/mol. The Hall–Kier alpha value is -1.63. The van der Waals surface area contributed by atoms with Crippen LogP contribution in [0.2, 0.25) is 0 Å². The predicted molar refractivity (Wildman–Crippen MR) is 63.2 cm³/mol. The Labute approximate surface area is 99.4 Å². The summed E-state index contributed by atoms with van der Waals surface area (Å²) < 4.78 is 22.5. The van der Waals surface area contributed by atoms with Crippen molar-refractivity contribution in [1.82, 2.24) is 9.88 Å². The van der Waals surface area contributed by atoms with E-state index in [4.69, 9.17) is 5.73 Å². The smallest absolute Gasteiger partial charge is 0.272 e. The first-order chi connectivity index (χ1) is 7.98. The quantitative estimate of drug-likeness (QED) is 0.732. The number of hydrogen-bond acceptors (Lipinski definition) is 5. The molecule has 0 radical (unpaired) electrons. The number of nitrogen functional groups attached to an aromatic ring is 1. The van der Waals surface area contributed by atoms with E-state index in [0.717, 1.165) is 0 Å². The molecule has 1 aromatic heterocycles. The molecule has 1 aliphatic heterocycles. The summed E-state index contributed by atoms with van der Waals surface area (Å²) in [5.74, 6) is -0.241. The number of amides is 1. The third kappa shape index (κ3) is 2.73.